The summed E-state index contributed by atoms with van der Waals surface area (Å²) < 4.78 is 5.36. The lowest BCUT2D eigenvalue weighted by Gasteiger charge is -2.29. The standard InChI is InChI=1S/C18H27N3O2/c1-23-15-7-4-6-14(12-15)17(21-10-2-3-11-21)13-20-18(22)16-8-5-9-19-16/h4,6-7,12,16-17,19H,2-3,5,8-11,13H2,1H3,(H,20,22). The van der Waals surface area contributed by atoms with E-state index in [1.54, 1.807) is 7.11 Å². The minimum atomic E-state index is -0.0143. The summed E-state index contributed by atoms with van der Waals surface area (Å²) in [7, 11) is 1.69. The predicted octanol–water partition coefficient (Wildman–Crippen LogP) is 1.70. The van der Waals surface area contributed by atoms with Crippen LogP contribution in [0.25, 0.3) is 0 Å². The van der Waals surface area contributed by atoms with Crippen molar-refractivity contribution in [2.75, 3.05) is 33.3 Å². The van der Waals surface area contributed by atoms with Gasteiger partial charge in [-0.05, 0) is 63.0 Å². The summed E-state index contributed by atoms with van der Waals surface area (Å²) in [6.45, 7) is 3.80. The van der Waals surface area contributed by atoms with Gasteiger partial charge in [0, 0.05) is 6.54 Å². The SMILES string of the molecule is COc1cccc(C(CNC(=O)C2CCCN2)N2CCCC2)c1. The minimum Gasteiger partial charge on any atom is -0.497 e. The molecule has 2 unspecified atom stereocenters. The van der Waals surface area contributed by atoms with Crippen LogP contribution in [0.4, 0.5) is 0 Å². The summed E-state index contributed by atoms with van der Waals surface area (Å²) in [5.41, 5.74) is 1.21. The number of likely N-dealkylation sites (tertiary alicyclic amines) is 1. The molecule has 1 aromatic carbocycles. The highest BCUT2D eigenvalue weighted by molar-refractivity contribution is 5.82. The number of carbonyl (C=O) groups is 1. The molecular weight excluding hydrogens is 290 g/mol. The molecule has 2 atom stereocenters. The number of nitrogens with one attached hydrogen (secondary N) is 2. The van der Waals surface area contributed by atoms with E-state index >= 15 is 0 Å². The zero-order valence-corrected chi connectivity index (χ0v) is 13.9. The molecule has 3 rings (SSSR count). The second kappa shape index (κ2) is 7.79. The van der Waals surface area contributed by atoms with Gasteiger partial charge in [0.25, 0.3) is 0 Å². The average Bonchev–Trinajstić information content (AvgIpc) is 3.29. The fourth-order valence-corrected chi connectivity index (χ4v) is 3.59. The first-order valence-electron chi connectivity index (χ1n) is 8.67. The smallest absolute Gasteiger partial charge is 0.237 e. The normalized spacial score (nSPS) is 22.9. The average molecular weight is 317 g/mol. The molecule has 2 saturated heterocycles. The van der Waals surface area contributed by atoms with E-state index in [1.165, 1.54) is 18.4 Å². The number of methoxy groups -OCH3 is 1. The highest BCUT2D eigenvalue weighted by Crippen LogP contribution is 2.27. The monoisotopic (exact) mass is 317 g/mol. The highest BCUT2D eigenvalue weighted by Gasteiger charge is 2.26. The molecular formula is C18H27N3O2. The van der Waals surface area contributed by atoms with Gasteiger partial charge in [-0.15, -0.1) is 0 Å². The van der Waals surface area contributed by atoms with Crippen molar-refractivity contribution < 1.29 is 9.53 Å². The fraction of sp³-hybridized carbons (Fsp3) is 0.611. The number of ether oxygens (including phenoxy) is 1. The molecule has 126 valence electrons. The first-order chi connectivity index (χ1) is 11.3. The number of hydrogen-bond acceptors (Lipinski definition) is 4. The van der Waals surface area contributed by atoms with E-state index in [0.717, 1.165) is 38.2 Å². The van der Waals surface area contributed by atoms with Gasteiger partial charge < -0.3 is 15.4 Å². The van der Waals surface area contributed by atoms with Crippen LogP contribution >= 0.6 is 0 Å². The Labute approximate surface area is 138 Å². The van der Waals surface area contributed by atoms with Gasteiger partial charge in [0.15, 0.2) is 0 Å². The Hall–Kier alpha value is -1.59. The fourth-order valence-electron chi connectivity index (χ4n) is 3.59. The first-order valence-corrected chi connectivity index (χ1v) is 8.67. The van der Waals surface area contributed by atoms with Crippen LogP contribution in [0.3, 0.4) is 0 Å². The maximum absolute atomic E-state index is 12.3. The molecule has 0 aliphatic carbocycles. The summed E-state index contributed by atoms with van der Waals surface area (Å²) >= 11 is 0. The molecule has 2 aliphatic rings. The molecule has 1 amide bonds. The van der Waals surface area contributed by atoms with Gasteiger partial charge in [-0.2, -0.15) is 0 Å². The van der Waals surface area contributed by atoms with Gasteiger partial charge in [-0.25, -0.2) is 0 Å². The molecule has 0 spiro atoms. The molecule has 2 fully saturated rings. The van der Waals surface area contributed by atoms with E-state index in [9.17, 15) is 4.79 Å². The first kappa shape index (κ1) is 16.3. The Bertz CT molecular complexity index is 523. The zero-order valence-electron chi connectivity index (χ0n) is 13.9. The Morgan fingerprint density at radius 1 is 1.39 bits per heavy atom. The van der Waals surface area contributed by atoms with Crippen molar-refractivity contribution in [3.05, 3.63) is 29.8 Å². The number of nitrogens with zero attached hydrogens (tertiary/aromatic N) is 1. The van der Waals surface area contributed by atoms with Crippen LogP contribution in [0.1, 0.15) is 37.3 Å². The van der Waals surface area contributed by atoms with Crippen molar-refractivity contribution in [1.29, 1.82) is 0 Å². The Morgan fingerprint density at radius 3 is 2.91 bits per heavy atom. The van der Waals surface area contributed by atoms with Crippen LogP contribution in [0, 0.1) is 0 Å². The maximum atomic E-state index is 12.3. The van der Waals surface area contributed by atoms with Gasteiger partial charge in [0.2, 0.25) is 5.91 Å². The van der Waals surface area contributed by atoms with Crippen molar-refractivity contribution in [2.24, 2.45) is 0 Å². The van der Waals surface area contributed by atoms with Crippen molar-refractivity contribution in [3.63, 3.8) is 0 Å². The van der Waals surface area contributed by atoms with Gasteiger partial charge in [-0.3, -0.25) is 9.69 Å². The van der Waals surface area contributed by atoms with Crippen molar-refractivity contribution in [3.8, 4) is 5.75 Å². The van der Waals surface area contributed by atoms with Crippen molar-refractivity contribution in [1.82, 2.24) is 15.5 Å². The van der Waals surface area contributed by atoms with E-state index in [2.05, 4.69) is 27.7 Å². The molecule has 1 aromatic rings. The zero-order chi connectivity index (χ0) is 16.1. The molecule has 2 aliphatic heterocycles. The molecule has 0 bridgehead atoms. The summed E-state index contributed by atoms with van der Waals surface area (Å²) in [5.74, 6) is 1.00. The van der Waals surface area contributed by atoms with Crippen LogP contribution in [-0.2, 0) is 4.79 Å². The Balaban J connectivity index is 1.68. The van der Waals surface area contributed by atoms with Gasteiger partial charge in [-0.1, -0.05) is 12.1 Å². The highest BCUT2D eigenvalue weighted by atomic mass is 16.5. The topological polar surface area (TPSA) is 53.6 Å². The summed E-state index contributed by atoms with van der Waals surface area (Å²) in [6, 6.07) is 8.41. The van der Waals surface area contributed by atoms with E-state index in [0.29, 0.717) is 6.54 Å². The van der Waals surface area contributed by atoms with E-state index < -0.39 is 0 Å². The largest absolute Gasteiger partial charge is 0.497 e. The predicted molar refractivity (Wildman–Crippen MR) is 90.6 cm³/mol. The van der Waals surface area contributed by atoms with Crippen LogP contribution in [0.2, 0.25) is 0 Å². The van der Waals surface area contributed by atoms with E-state index in [1.807, 2.05) is 12.1 Å². The van der Waals surface area contributed by atoms with Crippen LogP contribution < -0.4 is 15.4 Å². The third kappa shape index (κ3) is 4.03. The molecule has 0 saturated carbocycles. The van der Waals surface area contributed by atoms with Gasteiger partial charge in [0.1, 0.15) is 5.75 Å². The molecule has 0 radical (unpaired) electrons. The lowest BCUT2D eigenvalue weighted by Crippen LogP contribution is -2.44. The number of rotatable bonds is 6. The number of carbonyl (C=O) groups excluding carboxylic acids is 1. The number of hydrogen-bond donors (Lipinski definition) is 2. The minimum absolute atomic E-state index is 0.0143. The summed E-state index contributed by atoms with van der Waals surface area (Å²) in [4.78, 5) is 14.8. The van der Waals surface area contributed by atoms with Crippen molar-refractivity contribution >= 4 is 5.91 Å². The quantitative estimate of drug-likeness (QED) is 0.838. The lowest BCUT2D eigenvalue weighted by molar-refractivity contribution is -0.123. The summed E-state index contributed by atoms with van der Waals surface area (Å²) in [6.07, 6.45) is 4.50. The summed E-state index contributed by atoms with van der Waals surface area (Å²) in [5, 5.41) is 6.42. The molecule has 2 heterocycles. The van der Waals surface area contributed by atoms with Crippen molar-refractivity contribution in [2.45, 2.75) is 37.8 Å². The molecule has 0 aromatic heterocycles. The van der Waals surface area contributed by atoms with Gasteiger partial charge in [0.05, 0.1) is 19.2 Å². The van der Waals surface area contributed by atoms with Crippen LogP contribution in [0.15, 0.2) is 24.3 Å². The molecule has 2 N–H and O–H groups in total. The number of amides is 1. The second-order valence-corrected chi connectivity index (χ2v) is 6.43. The molecule has 5 heteroatoms. The maximum Gasteiger partial charge on any atom is 0.237 e. The lowest BCUT2D eigenvalue weighted by atomic mass is 10.0. The molecule has 5 nitrogen and oxygen atoms in total. The van der Waals surface area contributed by atoms with Crippen LogP contribution in [-0.4, -0.2) is 50.1 Å². The Morgan fingerprint density at radius 2 is 2.22 bits per heavy atom. The van der Waals surface area contributed by atoms with Crippen LogP contribution in [0.5, 0.6) is 5.75 Å². The third-order valence-corrected chi connectivity index (χ3v) is 4.91. The van der Waals surface area contributed by atoms with E-state index in [-0.39, 0.29) is 18.0 Å². The Kier molecular flexibility index (Phi) is 5.51. The third-order valence-electron chi connectivity index (χ3n) is 4.91. The second-order valence-electron chi connectivity index (χ2n) is 6.43. The number of benzene rings is 1. The van der Waals surface area contributed by atoms with E-state index in [4.69, 9.17) is 4.74 Å². The molecule has 23 heavy (non-hydrogen) atoms. The van der Waals surface area contributed by atoms with Gasteiger partial charge >= 0.3 is 0 Å².